The summed E-state index contributed by atoms with van der Waals surface area (Å²) >= 11 is 0. The molecule has 0 aliphatic rings. The van der Waals surface area contributed by atoms with E-state index in [2.05, 4.69) is 5.32 Å². The molecule has 6 heteroatoms. The maximum absolute atomic E-state index is 13.1. The molecule has 0 saturated heterocycles. The van der Waals surface area contributed by atoms with Crippen molar-refractivity contribution in [1.82, 2.24) is 10.2 Å². The molecule has 0 unspecified atom stereocenters. The van der Waals surface area contributed by atoms with Crippen LogP contribution in [0, 0.1) is 5.82 Å². The van der Waals surface area contributed by atoms with Gasteiger partial charge in [0.1, 0.15) is 5.82 Å². The summed E-state index contributed by atoms with van der Waals surface area (Å²) in [7, 11) is 0. The molecule has 1 aromatic carbocycles. The van der Waals surface area contributed by atoms with Gasteiger partial charge in [0.25, 0.3) is 0 Å². The van der Waals surface area contributed by atoms with E-state index < -0.39 is 11.5 Å². The molecule has 0 bridgehead atoms. The first-order valence-corrected chi connectivity index (χ1v) is 6.72. The van der Waals surface area contributed by atoms with Crippen molar-refractivity contribution in [3.8, 4) is 0 Å². The van der Waals surface area contributed by atoms with Gasteiger partial charge in [0.05, 0.1) is 6.42 Å². The van der Waals surface area contributed by atoms with Gasteiger partial charge in [0.2, 0.25) is 0 Å². The SMILES string of the molecule is CC(C)(C)N(CCC(=O)O)C(=O)NCc1cccc(F)c1. The minimum absolute atomic E-state index is 0.119. The van der Waals surface area contributed by atoms with Gasteiger partial charge in [0.15, 0.2) is 0 Å². The van der Waals surface area contributed by atoms with Gasteiger partial charge in [-0.05, 0) is 38.5 Å². The van der Waals surface area contributed by atoms with Crippen LogP contribution < -0.4 is 5.32 Å². The highest BCUT2D eigenvalue weighted by molar-refractivity contribution is 5.76. The number of carbonyl (C=O) groups excluding carboxylic acids is 1. The van der Waals surface area contributed by atoms with Crippen LogP contribution in [0.4, 0.5) is 9.18 Å². The lowest BCUT2D eigenvalue weighted by Crippen LogP contribution is -2.50. The molecule has 2 N–H and O–H groups in total. The van der Waals surface area contributed by atoms with Gasteiger partial charge in [-0.3, -0.25) is 4.79 Å². The predicted octanol–water partition coefficient (Wildman–Crippen LogP) is 2.61. The Morgan fingerprint density at radius 1 is 1.33 bits per heavy atom. The molecule has 5 nitrogen and oxygen atoms in total. The Bertz CT molecular complexity index is 512. The first-order chi connectivity index (χ1) is 9.70. The molecule has 21 heavy (non-hydrogen) atoms. The molecule has 0 saturated carbocycles. The number of rotatable bonds is 5. The highest BCUT2D eigenvalue weighted by Crippen LogP contribution is 2.14. The van der Waals surface area contributed by atoms with E-state index in [1.54, 1.807) is 12.1 Å². The molecular weight excluding hydrogens is 275 g/mol. The summed E-state index contributed by atoms with van der Waals surface area (Å²) in [6.45, 7) is 5.80. The normalized spacial score (nSPS) is 11.0. The van der Waals surface area contributed by atoms with E-state index >= 15 is 0 Å². The summed E-state index contributed by atoms with van der Waals surface area (Å²) in [5.74, 6) is -1.32. The number of hydrogen-bond acceptors (Lipinski definition) is 2. The Kier molecular flexibility index (Phi) is 5.69. The second kappa shape index (κ2) is 7.06. The summed E-state index contributed by atoms with van der Waals surface area (Å²) in [4.78, 5) is 24.3. The van der Waals surface area contributed by atoms with Gasteiger partial charge in [-0.2, -0.15) is 0 Å². The molecule has 0 aromatic heterocycles. The van der Waals surface area contributed by atoms with Crippen molar-refractivity contribution in [3.05, 3.63) is 35.6 Å². The maximum atomic E-state index is 13.1. The summed E-state index contributed by atoms with van der Waals surface area (Å²) in [6.07, 6.45) is -0.120. The van der Waals surface area contributed by atoms with Crippen molar-refractivity contribution in [3.63, 3.8) is 0 Å². The Hall–Kier alpha value is -2.11. The fraction of sp³-hybridized carbons (Fsp3) is 0.467. The molecule has 1 aromatic rings. The van der Waals surface area contributed by atoms with Crippen LogP contribution in [-0.4, -0.2) is 34.1 Å². The van der Waals surface area contributed by atoms with E-state index in [1.807, 2.05) is 20.8 Å². The van der Waals surface area contributed by atoms with E-state index in [0.29, 0.717) is 5.56 Å². The van der Waals surface area contributed by atoms with Crippen molar-refractivity contribution < 1.29 is 19.1 Å². The Morgan fingerprint density at radius 2 is 2.00 bits per heavy atom. The number of carbonyl (C=O) groups is 2. The molecule has 2 amide bonds. The van der Waals surface area contributed by atoms with Gasteiger partial charge >= 0.3 is 12.0 Å². The topological polar surface area (TPSA) is 69.6 Å². The minimum atomic E-state index is -0.956. The number of nitrogens with zero attached hydrogens (tertiary/aromatic N) is 1. The smallest absolute Gasteiger partial charge is 0.318 e. The van der Waals surface area contributed by atoms with Crippen LogP contribution in [0.1, 0.15) is 32.8 Å². The van der Waals surface area contributed by atoms with Gasteiger partial charge in [0, 0.05) is 18.6 Å². The summed E-state index contributed by atoms with van der Waals surface area (Å²) in [5, 5.41) is 11.4. The van der Waals surface area contributed by atoms with Crippen molar-refractivity contribution in [2.24, 2.45) is 0 Å². The number of carboxylic acid groups (broad SMARTS) is 1. The third kappa shape index (κ3) is 5.81. The number of hydrogen-bond donors (Lipinski definition) is 2. The second-order valence-corrected chi connectivity index (χ2v) is 5.75. The summed E-state index contributed by atoms with van der Waals surface area (Å²) in [5.41, 5.74) is 0.150. The maximum Gasteiger partial charge on any atom is 0.318 e. The van der Waals surface area contributed by atoms with E-state index in [9.17, 15) is 14.0 Å². The fourth-order valence-electron chi connectivity index (χ4n) is 1.87. The van der Waals surface area contributed by atoms with Crippen LogP contribution in [0.3, 0.4) is 0 Å². The monoisotopic (exact) mass is 296 g/mol. The zero-order valence-corrected chi connectivity index (χ0v) is 12.5. The van der Waals surface area contributed by atoms with E-state index in [-0.39, 0.29) is 31.4 Å². The number of halogens is 1. The Labute approximate surface area is 123 Å². The average molecular weight is 296 g/mol. The molecule has 0 atom stereocenters. The highest BCUT2D eigenvalue weighted by Gasteiger charge is 2.26. The number of nitrogens with one attached hydrogen (secondary N) is 1. The molecular formula is C15H21FN2O3. The van der Waals surface area contributed by atoms with Gasteiger partial charge in [-0.15, -0.1) is 0 Å². The van der Waals surface area contributed by atoms with E-state index in [4.69, 9.17) is 5.11 Å². The average Bonchev–Trinajstić information content (AvgIpc) is 2.34. The lowest BCUT2D eigenvalue weighted by atomic mass is 10.1. The van der Waals surface area contributed by atoms with Crippen LogP contribution in [0.2, 0.25) is 0 Å². The zero-order chi connectivity index (χ0) is 16.0. The molecule has 0 fully saturated rings. The molecule has 1 rings (SSSR count). The fourth-order valence-corrected chi connectivity index (χ4v) is 1.87. The molecule has 0 aliphatic heterocycles. The molecule has 0 radical (unpaired) electrons. The number of carboxylic acids is 1. The minimum Gasteiger partial charge on any atom is -0.481 e. The summed E-state index contributed by atoms with van der Waals surface area (Å²) in [6, 6.07) is 5.59. The lowest BCUT2D eigenvalue weighted by molar-refractivity contribution is -0.137. The molecule has 0 aliphatic carbocycles. The van der Waals surface area contributed by atoms with Gasteiger partial charge < -0.3 is 15.3 Å². The van der Waals surface area contributed by atoms with Crippen LogP contribution in [-0.2, 0) is 11.3 Å². The zero-order valence-electron chi connectivity index (χ0n) is 12.5. The van der Waals surface area contributed by atoms with Crippen LogP contribution in [0.5, 0.6) is 0 Å². The third-order valence-corrected chi connectivity index (χ3v) is 2.94. The Balaban J connectivity index is 2.66. The lowest BCUT2D eigenvalue weighted by Gasteiger charge is -2.35. The van der Waals surface area contributed by atoms with Gasteiger partial charge in [-0.1, -0.05) is 12.1 Å². The van der Waals surface area contributed by atoms with Crippen molar-refractivity contribution in [2.45, 2.75) is 39.3 Å². The predicted molar refractivity (Wildman–Crippen MR) is 77.3 cm³/mol. The number of aliphatic carboxylic acids is 1. The van der Waals surface area contributed by atoms with E-state index in [1.165, 1.54) is 17.0 Å². The van der Waals surface area contributed by atoms with Crippen LogP contribution in [0.25, 0.3) is 0 Å². The highest BCUT2D eigenvalue weighted by atomic mass is 19.1. The van der Waals surface area contributed by atoms with Crippen molar-refractivity contribution in [2.75, 3.05) is 6.54 Å². The second-order valence-electron chi connectivity index (χ2n) is 5.75. The van der Waals surface area contributed by atoms with Crippen molar-refractivity contribution >= 4 is 12.0 Å². The molecule has 0 spiro atoms. The quantitative estimate of drug-likeness (QED) is 0.877. The molecule has 0 heterocycles. The number of benzene rings is 1. The third-order valence-electron chi connectivity index (χ3n) is 2.94. The first kappa shape index (κ1) is 16.9. The number of amides is 2. The number of urea groups is 1. The summed E-state index contributed by atoms with van der Waals surface area (Å²) < 4.78 is 13.1. The van der Waals surface area contributed by atoms with Gasteiger partial charge in [-0.25, -0.2) is 9.18 Å². The van der Waals surface area contributed by atoms with Crippen LogP contribution >= 0.6 is 0 Å². The van der Waals surface area contributed by atoms with E-state index in [0.717, 1.165) is 0 Å². The Morgan fingerprint density at radius 3 is 2.52 bits per heavy atom. The molecule has 116 valence electrons. The largest absolute Gasteiger partial charge is 0.481 e. The van der Waals surface area contributed by atoms with Crippen molar-refractivity contribution in [1.29, 1.82) is 0 Å². The standard InChI is InChI=1S/C15H21FN2O3/c1-15(2,3)18(8-7-13(19)20)14(21)17-10-11-5-4-6-12(16)9-11/h4-6,9H,7-8,10H2,1-3H3,(H,17,21)(H,19,20). The van der Waals surface area contributed by atoms with Crippen LogP contribution in [0.15, 0.2) is 24.3 Å². The first-order valence-electron chi connectivity index (χ1n) is 6.72.